The Morgan fingerprint density at radius 2 is 1.85 bits per heavy atom. The van der Waals surface area contributed by atoms with Gasteiger partial charge in [0.15, 0.2) is 0 Å². The van der Waals surface area contributed by atoms with Gasteiger partial charge in [0.25, 0.3) is 10.0 Å². The third-order valence-corrected chi connectivity index (χ3v) is 8.54. The van der Waals surface area contributed by atoms with E-state index in [9.17, 15) is 18.0 Å². The fraction of sp³-hybridized carbons (Fsp3) is 0.440. The number of hydrogen-bond acceptors (Lipinski definition) is 5. The van der Waals surface area contributed by atoms with E-state index in [2.05, 4.69) is 5.32 Å². The number of benzene rings is 2. The van der Waals surface area contributed by atoms with Gasteiger partial charge in [-0.1, -0.05) is 31.0 Å². The molecule has 2 amide bonds. The molecule has 1 N–H and O–H groups in total. The largest absolute Gasteiger partial charge is 0.495 e. The zero-order chi connectivity index (χ0) is 24.3. The summed E-state index contributed by atoms with van der Waals surface area (Å²) in [5, 5.41) is 2.82. The molecule has 2 aromatic rings. The highest BCUT2D eigenvalue weighted by Crippen LogP contribution is 2.33. The van der Waals surface area contributed by atoms with Crippen molar-refractivity contribution < 1.29 is 22.7 Å². The number of para-hydroxylation sites is 1. The molecule has 0 bridgehead atoms. The quantitative estimate of drug-likeness (QED) is 0.616. The van der Waals surface area contributed by atoms with Gasteiger partial charge in [0.05, 0.1) is 29.3 Å². The first kappa shape index (κ1) is 24.1. The normalized spacial score (nSPS) is 18.8. The van der Waals surface area contributed by atoms with Crippen LogP contribution in [0.2, 0.25) is 0 Å². The van der Waals surface area contributed by atoms with Crippen molar-refractivity contribution in [3.63, 3.8) is 0 Å². The van der Waals surface area contributed by atoms with Gasteiger partial charge in [0.2, 0.25) is 11.8 Å². The SMILES string of the molecule is CCN(c1ccccc1)S(=O)(=O)c1ccc(OC)c(NC(=O)[C@H]2CC(=O)N(C3CCCC3)C2)c1. The minimum absolute atomic E-state index is 0.0109. The molecule has 1 aliphatic carbocycles. The number of likely N-dealkylation sites (tertiary alicyclic amines) is 1. The van der Waals surface area contributed by atoms with Gasteiger partial charge < -0.3 is 15.0 Å². The van der Waals surface area contributed by atoms with Gasteiger partial charge in [-0.15, -0.1) is 0 Å². The van der Waals surface area contributed by atoms with E-state index in [0.29, 0.717) is 18.0 Å². The maximum Gasteiger partial charge on any atom is 0.264 e. The van der Waals surface area contributed by atoms with Crippen molar-refractivity contribution in [2.24, 2.45) is 5.92 Å². The summed E-state index contributed by atoms with van der Waals surface area (Å²) in [7, 11) is -2.41. The van der Waals surface area contributed by atoms with E-state index in [1.165, 1.54) is 29.6 Å². The Balaban J connectivity index is 1.56. The maximum absolute atomic E-state index is 13.4. The molecule has 2 aromatic carbocycles. The number of carbonyl (C=O) groups is 2. The molecule has 9 heteroatoms. The average Bonchev–Trinajstić information content (AvgIpc) is 3.49. The summed E-state index contributed by atoms with van der Waals surface area (Å²) in [6.07, 6.45) is 4.37. The Morgan fingerprint density at radius 1 is 1.15 bits per heavy atom. The van der Waals surface area contributed by atoms with Gasteiger partial charge in [-0.25, -0.2) is 8.42 Å². The number of carbonyl (C=O) groups excluding carboxylic acids is 2. The first-order valence-electron chi connectivity index (χ1n) is 11.7. The molecule has 0 spiro atoms. The van der Waals surface area contributed by atoms with Crippen LogP contribution >= 0.6 is 0 Å². The molecule has 1 atom stereocenters. The zero-order valence-corrected chi connectivity index (χ0v) is 20.4. The topological polar surface area (TPSA) is 96.0 Å². The molecular formula is C25H31N3O5S. The lowest BCUT2D eigenvalue weighted by Gasteiger charge is -2.24. The molecule has 0 radical (unpaired) electrons. The minimum Gasteiger partial charge on any atom is -0.495 e. The van der Waals surface area contributed by atoms with Crippen molar-refractivity contribution in [3.8, 4) is 5.75 Å². The van der Waals surface area contributed by atoms with Gasteiger partial charge in [-0.3, -0.25) is 13.9 Å². The summed E-state index contributed by atoms with van der Waals surface area (Å²) < 4.78 is 33.5. The highest BCUT2D eigenvalue weighted by molar-refractivity contribution is 7.92. The lowest BCUT2D eigenvalue weighted by molar-refractivity contribution is -0.129. The third-order valence-electron chi connectivity index (χ3n) is 6.64. The Labute approximate surface area is 200 Å². The van der Waals surface area contributed by atoms with Crippen LogP contribution < -0.4 is 14.4 Å². The van der Waals surface area contributed by atoms with Crippen molar-refractivity contribution in [1.82, 2.24) is 4.90 Å². The molecule has 1 saturated carbocycles. The van der Waals surface area contributed by atoms with Gasteiger partial charge >= 0.3 is 0 Å². The van der Waals surface area contributed by atoms with E-state index in [1.54, 1.807) is 31.2 Å². The van der Waals surface area contributed by atoms with Gasteiger partial charge in [0.1, 0.15) is 5.75 Å². The van der Waals surface area contributed by atoms with Crippen molar-refractivity contribution in [3.05, 3.63) is 48.5 Å². The summed E-state index contributed by atoms with van der Waals surface area (Å²) in [6, 6.07) is 13.5. The van der Waals surface area contributed by atoms with Crippen molar-refractivity contribution in [2.75, 3.05) is 29.8 Å². The number of ether oxygens (including phenoxy) is 1. The molecule has 182 valence electrons. The van der Waals surface area contributed by atoms with Gasteiger partial charge in [0, 0.05) is 25.6 Å². The molecule has 34 heavy (non-hydrogen) atoms. The number of sulfonamides is 1. The molecule has 2 aliphatic rings. The Hall–Kier alpha value is -3.07. The standard InChI is InChI=1S/C25H31N3O5S/c1-3-28(20-11-5-4-6-12-20)34(31,32)21-13-14-23(33-2)22(16-21)26-25(30)18-15-24(29)27(17-18)19-9-7-8-10-19/h4-6,11-14,16,18-19H,3,7-10,15,17H2,1-2H3,(H,26,30)/t18-/m0/s1. The number of rotatable bonds is 8. The highest BCUT2D eigenvalue weighted by atomic mass is 32.2. The number of hydrogen-bond donors (Lipinski definition) is 1. The van der Waals surface area contributed by atoms with Crippen molar-refractivity contribution in [2.45, 2.75) is 50.0 Å². The highest BCUT2D eigenvalue weighted by Gasteiger charge is 2.39. The first-order chi connectivity index (χ1) is 16.3. The summed E-state index contributed by atoms with van der Waals surface area (Å²) in [5.41, 5.74) is 0.826. The molecular weight excluding hydrogens is 454 g/mol. The van der Waals surface area contributed by atoms with E-state index in [0.717, 1.165) is 25.7 Å². The first-order valence-corrected chi connectivity index (χ1v) is 13.1. The predicted octanol–water partition coefficient (Wildman–Crippen LogP) is 3.64. The number of nitrogens with one attached hydrogen (secondary N) is 1. The fourth-order valence-electron chi connectivity index (χ4n) is 4.87. The molecule has 8 nitrogen and oxygen atoms in total. The van der Waals surface area contributed by atoms with Crippen LogP contribution in [0, 0.1) is 5.92 Å². The smallest absolute Gasteiger partial charge is 0.264 e. The second kappa shape index (κ2) is 10.0. The van der Waals surface area contributed by atoms with E-state index in [4.69, 9.17) is 4.74 Å². The molecule has 1 aliphatic heterocycles. The van der Waals surface area contributed by atoms with Crippen LogP contribution in [0.3, 0.4) is 0 Å². The molecule has 1 saturated heterocycles. The average molecular weight is 486 g/mol. The summed E-state index contributed by atoms with van der Waals surface area (Å²) in [6.45, 7) is 2.42. The second-order valence-corrected chi connectivity index (χ2v) is 10.6. The lowest BCUT2D eigenvalue weighted by Crippen LogP contribution is -2.35. The van der Waals surface area contributed by atoms with Crippen molar-refractivity contribution >= 4 is 33.2 Å². The zero-order valence-electron chi connectivity index (χ0n) is 19.6. The molecule has 0 unspecified atom stereocenters. The Morgan fingerprint density at radius 3 is 2.50 bits per heavy atom. The van der Waals surface area contributed by atoms with Gasteiger partial charge in [-0.2, -0.15) is 0 Å². The number of nitrogens with zero attached hydrogens (tertiary/aromatic N) is 2. The molecule has 1 heterocycles. The summed E-state index contributed by atoms with van der Waals surface area (Å²) >= 11 is 0. The van der Waals surface area contributed by atoms with Crippen LogP contribution in [0.4, 0.5) is 11.4 Å². The van der Waals surface area contributed by atoms with E-state index in [1.807, 2.05) is 11.0 Å². The summed E-state index contributed by atoms with van der Waals surface area (Å²) in [4.78, 5) is 27.5. The number of anilines is 2. The number of methoxy groups -OCH3 is 1. The second-order valence-electron chi connectivity index (χ2n) is 8.74. The monoisotopic (exact) mass is 485 g/mol. The van der Waals surface area contributed by atoms with Crippen LogP contribution in [-0.4, -0.2) is 51.4 Å². The van der Waals surface area contributed by atoms with Crippen LogP contribution in [0.5, 0.6) is 5.75 Å². The maximum atomic E-state index is 13.4. The molecule has 0 aromatic heterocycles. The third kappa shape index (κ3) is 4.75. The van der Waals surface area contributed by atoms with Crippen LogP contribution in [0.15, 0.2) is 53.4 Å². The summed E-state index contributed by atoms with van der Waals surface area (Å²) in [5.74, 6) is -0.421. The van der Waals surface area contributed by atoms with E-state index >= 15 is 0 Å². The molecule has 2 fully saturated rings. The van der Waals surface area contributed by atoms with Crippen LogP contribution in [0.1, 0.15) is 39.0 Å². The van der Waals surface area contributed by atoms with E-state index < -0.39 is 15.9 Å². The Kier molecular flexibility index (Phi) is 7.11. The van der Waals surface area contributed by atoms with E-state index in [-0.39, 0.29) is 41.4 Å². The van der Waals surface area contributed by atoms with Crippen molar-refractivity contribution in [1.29, 1.82) is 0 Å². The minimum atomic E-state index is -3.87. The Bertz CT molecular complexity index is 1150. The predicted molar refractivity (Wildman–Crippen MR) is 130 cm³/mol. The lowest BCUT2D eigenvalue weighted by atomic mass is 10.1. The van der Waals surface area contributed by atoms with Gasteiger partial charge in [-0.05, 0) is 50.1 Å². The number of amides is 2. The fourth-order valence-corrected chi connectivity index (χ4v) is 6.37. The van der Waals surface area contributed by atoms with Crippen LogP contribution in [-0.2, 0) is 19.6 Å². The molecule has 4 rings (SSSR count). The van der Waals surface area contributed by atoms with Crippen LogP contribution in [0.25, 0.3) is 0 Å².